The average molecular weight is 147 g/mol. The first-order valence-electron chi connectivity index (χ1n) is 2.20. The normalized spacial score (nSPS) is 10.0. The van der Waals surface area contributed by atoms with E-state index in [0.29, 0.717) is 3.97 Å². The third kappa shape index (κ3) is 0.807. The van der Waals surface area contributed by atoms with Crippen molar-refractivity contribution in [1.29, 1.82) is 0 Å². The van der Waals surface area contributed by atoms with Gasteiger partial charge in [-0.1, -0.05) is 12.8 Å². The number of aryl methyl sites for hydroxylation is 1. The lowest BCUT2D eigenvalue weighted by Gasteiger charge is -1.79. The van der Waals surface area contributed by atoms with Crippen LogP contribution in [-0.2, 0) is 7.05 Å². The Morgan fingerprint density at radius 2 is 2.11 bits per heavy atom. The van der Waals surface area contributed by atoms with Gasteiger partial charge in [0.2, 0.25) is 0 Å². The van der Waals surface area contributed by atoms with Crippen molar-refractivity contribution < 1.29 is 0 Å². The number of nitrogens with zero attached hydrogens (tertiary/aromatic N) is 2. The largest absolute Gasteiger partial charge is 0.356 e. The van der Waals surface area contributed by atoms with Crippen molar-refractivity contribution in [3.63, 3.8) is 0 Å². The Bertz CT molecular complexity index is 319. The van der Waals surface area contributed by atoms with E-state index in [-0.39, 0.29) is 0 Å². The average Bonchev–Trinajstić information content (AvgIpc) is 1.98. The van der Waals surface area contributed by atoms with Gasteiger partial charge in [-0.25, -0.2) is 19.4 Å². The van der Waals surface area contributed by atoms with Crippen LogP contribution < -0.4 is 11.4 Å². The summed E-state index contributed by atoms with van der Waals surface area (Å²) >= 11 is 3.57. The molecule has 1 heterocycles. The van der Waals surface area contributed by atoms with Crippen molar-refractivity contribution in [1.82, 2.24) is 13.8 Å². The summed E-state index contributed by atoms with van der Waals surface area (Å²) in [5.41, 5.74) is -0.992. The first-order valence-corrected chi connectivity index (χ1v) is 2.60. The van der Waals surface area contributed by atoms with Gasteiger partial charge < -0.3 is 0 Å². The molecule has 1 aromatic heterocycles. The summed E-state index contributed by atoms with van der Waals surface area (Å²) in [6.07, 6.45) is 0. The van der Waals surface area contributed by atoms with Crippen LogP contribution in [-0.4, -0.2) is 13.8 Å². The minimum absolute atomic E-state index is 0.469. The molecule has 9 heavy (non-hydrogen) atoms. The molecule has 50 valence electrons. The van der Waals surface area contributed by atoms with E-state index in [0.717, 1.165) is 4.68 Å². The van der Waals surface area contributed by atoms with Crippen LogP contribution in [0.4, 0.5) is 0 Å². The molecular formula is C3H5N3O2S. The number of thiol groups is 1. The van der Waals surface area contributed by atoms with Gasteiger partial charge in [-0.15, -0.1) is 0 Å². The smallest absolute Gasteiger partial charge is 0.245 e. The molecule has 0 atom stereocenters. The maximum absolute atomic E-state index is 10.6. The summed E-state index contributed by atoms with van der Waals surface area (Å²) in [6, 6.07) is 0. The topological polar surface area (TPSA) is 59.8 Å². The summed E-state index contributed by atoms with van der Waals surface area (Å²) in [4.78, 5) is 21.1. The van der Waals surface area contributed by atoms with Gasteiger partial charge >= 0.3 is 11.4 Å². The number of nitrogens with one attached hydrogen (secondary N) is 1. The van der Waals surface area contributed by atoms with E-state index < -0.39 is 11.4 Å². The second-order valence-corrected chi connectivity index (χ2v) is 1.97. The summed E-state index contributed by atoms with van der Waals surface area (Å²) in [5, 5.41) is 2.21. The van der Waals surface area contributed by atoms with Gasteiger partial charge in [0.05, 0.1) is 0 Å². The monoisotopic (exact) mass is 147 g/mol. The number of hydrogen-bond acceptors (Lipinski definition) is 3. The van der Waals surface area contributed by atoms with Crippen LogP contribution >= 0.6 is 12.8 Å². The number of H-pyrrole nitrogens is 1. The van der Waals surface area contributed by atoms with Crippen LogP contribution in [0.15, 0.2) is 9.59 Å². The first-order chi connectivity index (χ1) is 4.13. The molecule has 0 aliphatic rings. The lowest BCUT2D eigenvalue weighted by atomic mass is 11.2. The minimum atomic E-state index is -0.522. The van der Waals surface area contributed by atoms with Crippen molar-refractivity contribution in [3.05, 3.63) is 21.0 Å². The van der Waals surface area contributed by atoms with Crippen molar-refractivity contribution in [2.75, 3.05) is 0 Å². The predicted octanol–water partition coefficient (Wildman–Crippen LogP) is -1.43. The lowest BCUT2D eigenvalue weighted by Crippen LogP contribution is -2.20. The highest BCUT2D eigenvalue weighted by molar-refractivity contribution is 7.78. The zero-order valence-corrected chi connectivity index (χ0v) is 5.55. The molecule has 0 fully saturated rings. The predicted molar refractivity (Wildman–Crippen MR) is 34.7 cm³/mol. The number of hydrogen-bond donors (Lipinski definition) is 2. The van der Waals surface area contributed by atoms with Gasteiger partial charge in [0.1, 0.15) is 0 Å². The third-order valence-corrected chi connectivity index (χ3v) is 1.28. The Morgan fingerprint density at radius 1 is 1.56 bits per heavy atom. The quantitative estimate of drug-likeness (QED) is 0.442. The summed E-state index contributed by atoms with van der Waals surface area (Å²) in [7, 11) is 1.44. The lowest BCUT2D eigenvalue weighted by molar-refractivity contribution is 0.726. The molecule has 0 amide bonds. The fraction of sp³-hybridized carbons (Fsp3) is 0.333. The zero-order valence-electron chi connectivity index (χ0n) is 4.66. The molecule has 0 unspecified atom stereocenters. The van der Waals surface area contributed by atoms with Crippen molar-refractivity contribution in [2.24, 2.45) is 7.05 Å². The molecule has 0 spiro atoms. The fourth-order valence-corrected chi connectivity index (χ4v) is 0.646. The fourth-order valence-electron chi connectivity index (χ4n) is 0.468. The highest BCUT2D eigenvalue weighted by Gasteiger charge is 1.98. The van der Waals surface area contributed by atoms with E-state index in [2.05, 4.69) is 17.9 Å². The summed E-state index contributed by atoms with van der Waals surface area (Å²) in [5.74, 6) is 0. The van der Waals surface area contributed by atoms with Crippen LogP contribution in [0.1, 0.15) is 0 Å². The molecule has 0 radical (unpaired) electrons. The second-order valence-electron chi connectivity index (χ2n) is 1.57. The Balaban J connectivity index is 3.68. The van der Waals surface area contributed by atoms with Crippen LogP contribution in [0, 0.1) is 0 Å². The van der Waals surface area contributed by atoms with Crippen LogP contribution in [0.3, 0.4) is 0 Å². The van der Waals surface area contributed by atoms with Gasteiger partial charge in [-0.2, -0.15) is 3.97 Å². The molecule has 0 aromatic carbocycles. The van der Waals surface area contributed by atoms with E-state index >= 15 is 0 Å². The minimum Gasteiger partial charge on any atom is -0.245 e. The molecule has 5 nitrogen and oxygen atoms in total. The summed E-state index contributed by atoms with van der Waals surface area (Å²) < 4.78 is 1.75. The second kappa shape index (κ2) is 1.80. The third-order valence-electron chi connectivity index (χ3n) is 0.924. The molecule has 0 saturated heterocycles. The van der Waals surface area contributed by atoms with Crippen molar-refractivity contribution in [3.8, 4) is 0 Å². The molecule has 1 aromatic rings. The van der Waals surface area contributed by atoms with E-state index in [9.17, 15) is 9.59 Å². The van der Waals surface area contributed by atoms with Gasteiger partial charge in [-0.3, -0.25) is 0 Å². The molecule has 0 aliphatic carbocycles. The maximum Gasteiger partial charge on any atom is 0.356 e. The molecule has 1 rings (SSSR count). The van der Waals surface area contributed by atoms with E-state index in [4.69, 9.17) is 0 Å². The molecule has 6 heteroatoms. The van der Waals surface area contributed by atoms with E-state index in [1.807, 2.05) is 0 Å². The van der Waals surface area contributed by atoms with Crippen molar-refractivity contribution in [2.45, 2.75) is 0 Å². The number of aromatic amines is 1. The Morgan fingerprint density at radius 3 is 2.22 bits per heavy atom. The van der Waals surface area contributed by atoms with Crippen LogP contribution in [0.5, 0.6) is 0 Å². The van der Waals surface area contributed by atoms with Crippen LogP contribution in [0.2, 0.25) is 0 Å². The highest BCUT2D eigenvalue weighted by atomic mass is 32.1. The maximum atomic E-state index is 10.6. The standard InChI is InChI=1S/C3H5N3O2S/c1-5-3(8)6(9)2(7)4-5/h9H,1H3,(H,4,7). The molecule has 0 aliphatic heterocycles. The molecular weight excluding hydrogens is 142 g/mol. The molecule has 0 saturated carbocycles. The summed E-state index contributed by atoms with van der Waals surface area (Å²) in [6.45, 7) is 0. The highest BCUT2D eigenvalue weighted by Crippen LogP contribution is 1.66. The zero-order chi connectivity index (χ0) is 7.02. The Labute approximate surface area is 55.4 Å². The first kappa shape index (κ1) is 6.21. The van der Waals surface area contributed by atoms with E-state index in [1.54, 1.807) is 0 Å². The SMILES string of the molecule is Cn1[nH]c(=O)n(S)c1=O. The number of rotatable bonds is 0. The van der Waals surface area contributed by atoms with Gasteiger partial charge in [0.25, 0.3) is 0 Å². The Kier molecular flexibility index (Phi) is 1.24. The van der Waals surface area contributed by atoms with Crippen LogP contribution in [0.25, 0.3) is 0 Å². The molecule has 1 N–H and O–H groups in total. The molecule has 0 bridgehead atoms. The van der Waals surface area contributed by atoms with Crippen molar-refractivity contribution >= 4 is 12.8 Å². The van der Waals surface area contributed by atoms with Gasteiger partial charge in [-0.05, 0) is 0 Å². The van der Waals surface area contributed by atoms with Gasteiger partial charge in [0.15, 0.2) is 0 Å². The van der Waals surface area contributed by atoms with Gasteiger partial charge in [0, 0.05) is 7.05 Å². The Hall–Kier alpha value is -0.910. The van der Waals surface area contributed by atoms with E-state index in [1.165, 1.54) is 7.05 Å². The number of aromatic nitrogens is 3.